The number of nitrogens with one attached hydrogen (secondary N) is 1. The first-order valence-electron chi connectivity index (χ1n) is 7.53. The van der Waals surface area contributed by atoms with E-state index >= 15 is 0 Å². The number of carbonyl (C=O) groups excluding carboxylic acids is 1. The van der Waals surface area contributed by atoms with Crippen LogP contribution < -0.4 is 11.1 Å². The quantitative estimate of drug-likeness (QED) is 0.850. The van der Waals surface area contributed by atoms with Gasteiger partial charge in [0, 0.05) is 43.2 Å². The molecule has 2 aromatic heterocycles. The predicted molar refractivity (Wildman–Crippen MR) is 85.1 cm³/mol. The van der Waals surface area contributed by atoms with Gasteiger partial charge in [-0.2, -0.15) is 0 Å². The second-order valence-corrected chi connectivity index (χ2v) is 5.48. The molecule has 1 aliphatic heterocycles. The van der Waals surface area contributed by atoms with Crippen LogP contribution in [0.25, 0.3) is 0 Å². The second-order valence-electron chi connectivity index (χ2n) is 5.48. The molecule has 3 heterocycles. The summed E-state index contributed by atoms with van der Waals surface area (Å²) in [4.78, 5) is 30.8. The number of aryl methyl sites for hydroxylation is 1. The van der Waals surface area contributed by atoms with Gasteiger partial charge in [-0.3, -0.25) is 4.79 Å². The highest BCUT2D eigenvalue weighted by molar-refractivity contribution is 5.78. The Morgan fingerprint density at radius 1 is 1.39 bits per heavy atom. The van der Waals surface area contributed by atoms with E-state index in [0.717, 1.165) is 17.9 Å². The highest BCUT2D eigenvalue weighted by Crippen LogP contribution is 2.26. The van der Waals surface area contributed by atoms with Gasteiger partial charge in [-0.1, -0.05) is 0 Å². The molecule has 8 nitrogen and oxygen atoms in total. The van der Waals surface area contributed by atoms with Gasteiger partial charge in [-0.25, -0.2) is 19.9 Å². The molecule has 0 bridgehead atoms. The smallest absolute Gasteiger partial charge is 0.236 e. The Morgan fingerprint density at radius 2 is 2.17 bits per heavy atom. The Bertz CT molecular complexity index is 691. The minimum absolute atomic E-state index is 0.0313. The van der Waals surface area contributed by atoms with Crippen LogP contribution in [0, 0.1) is 6.92 Å². The number of carbonyl (C=O) groups is 1. The van der Waals surface area contributed by atoms with E-state index in [1.54, 1.807) is 23.4 Å². The average Bonchev–Trinajstić information content (AvgIpc) is 3.04. The standard InChI is InChI=1S/C15H19N7O/c1-10-7-12(21-15-17-4-2-5-18-15)20-14(19-10)11-3-6-22(9-11)13(23)8-16/h2,4-5,7,11H,3,6,8-9,16H2,1H3,(H,17,18,19,20,21)/t11-/m0/s1. The molecule has 1 amide bonds. The van der Waals surface area contributed by atoms with E-state index in [4.69, 9.17) is 5.73 Å². The van der Waals surface area contributed by atoms with Crippen LogP contribution >= 0.6 is 0 Å². The van der Waals surface area contributed by atoms with Crippen molar-refractivity contribution in [2.75, 3.05) is 25.0 Å². The van der Waals surface area contributed by atoms with Gasteiger partial charge in [0.2, 0.25) is 11.9 Å². The Hall–Kier alpha value is -2.61. The number of rotatable bonds is 4. The number of aromatic nitrogens is 4. The van der Waals surface area contributed by atoms with Gasteiger partial charge >= 0.3 is 0 Å². The van der Waals surface area contributed by atoms with Crippen molar-refractivity contribution in [3.8, 4) is 0 Å². The summed E-state index contributed by atoms with van der Waals surface area (Å²) < 4.78 is 0. The fraction of sp³-hybridized carbons (Fsp3) is 0.400. The Labute approximate surface area is 134 Å². The van der Waals surface area contributed by atoms with E-state index in [1.165, 1.54) is 0 Å². The number of nitrogens with two attached hydrogens (primary N) is 1. The summed E-state index contributed by atoms with van der Waals surface area (Å²) in [5, 5.41) is 3.08. The third-order valence-corrected chi connectivity index (χ3v) is 3.76. The van der Waals surface area contributed by atoms with Crippen LogP contribution in [0.4, 0.5) is 11.8 Å². The summed E-state index contributed by atoms with van der Waals surface area (Å²) in [7, 11) is 0. The molecule has 3 rings (SSSR count). The van der Waals surface area contributed by atoms with Crippen molar-refractivity contribution < 1.29 is 4.79 Å². The molecule has 8 heteroatoms. The van der Waals surface area contributed by atoms with Gasteiger partial charge in [0.15, 0.2) is 0 Å². The highest BCUT2D eigenvalue weighted by atomic mass is 16.2. The van der Waals surface area contributed by atoms with E-state index in [2.05, 4.69) is 25.3 Å². The monoisotopic (exact) mass is 313 g/mol. The van der Waals surface area contributed by atoms with Gasteiger partial charge in [0.05, 0.1) is 6.54 Å². The van der Waals surface area contributed by atoms with Crippen LogP contribution in [0.15, 0.2) is 24.5 Å². The van der Waals surface area contributed by atoms with E-state index in [9.17, 15) is 4.79 Å². The van der Waals surface area contributed by atoms with E-state index in [1.807, 2.05) is 13.0 Å². The predicted octanol–water partition coefficient (Wildman–Crippen LogP) is 0.593. The molecule has 2 aromatic rings. The molecular weight excluding hydrogens is 294 g/mol. The molecule has 1 aliphatic rings. The van der Waals surface area contributed by atoms with Crippen molar-refractivity contribution >= 4 is 17.7 Å². The van der Waals surface area contributed by atoms with Gasteiger partial charge in [0.1, 0.15) is 11.6 Å². The first kappa shape index (κ1) is 15.3. The molecule has 0 unspecified atom stereocenters. The largest absolute Gasteiger partial charge is 0.341 e. The first-order valence-corrected chi connectivity index (χ1v) is 7.53. The maximum Gasteiger partial charge on any atom is 0.236 e. The third kappa shape index (κ3) is 3.59. The molecule has 23 heavy (non-hydrogen) atoms. The molecule has 0 saturated carbocycles. The van der Waals surface area contributed by atoms with Crippen LogP contribution in [0.1, 0.15) is 23.9 Å². The zero-order chi connectivity index (χ0) is 16.2. The maximum atomic E-state index is 11.7. The van der Waals surface area contributed by atoms with Gasteiger partial charge in [-0.15, -0.1) is 0 Å². The van der Waals surface area contributed by atoms with Crippen molar-refractivity contribution in [2.45, 2.75) is 19.3 Å². The fourth-order valence-corrected chi connectivity index (χ4v) is 2.64. The van der Waals surface area contributed by atoms with Crippen molar-refractivity contribution in [1.29, 1.82) is 0 Å². The van der Waals surface area contributed by atoms with E-state index in [0.29, 0.717) is 24.9 Å². The Balaban J connectivity index is 1.77. The van der Waals surface area contributed by atoms with Crippen LogP contribution in [-0.2, 0) is 4.79 Å². The number of nitrogens with zero attached hydrogens (tertiary/aromatic N) is 5. The number of anilines is 2. The number of hydrogen-bond donors (Lipinski definition) is 2. The van der Waals surface area contributed by atoms with Crippen LogP contribution in [-0.4, -0.2) is 50.4 Å². The minimum atomic E-state index is -0.0313. The van der Waals surface area contributed by atoms with Gasteiger partial charge in [0.25, 0.3) is 0 Å². The van der Waals surface area contributed by atoms with Crippen molar-refractivity contribution in [1.82, 2.24) is 24.8 Å². The average molecular weight is 313 g/mol. The minimum Gasteiger partial charge on any atom is -0.341 e. The summed E-state index contributed by atoms with van der Waals surface area (Å²) in [6.45, 7) is 3.27. The van der Waals surface area contributed by atoms with Crippen LogP contribution in [0.2, 0.25) is 0 Å². The lowest BCUT2D eigenvalue weighted by Gasteiger charge is -2.15. The highest BCUT2D eigenvalue weighted by Gasteiger charge is 2.28. The summed E-state index contributed by atoms with van der Waals surface area (Å²) in [5.41, 5.74) is 6.28. The zero-order valence-corrected chi connectivity index (χ0v) is 12.9. The zero-order valence-electron chi connectivity index (χ0n) is 12.9. The Kier molecular flexibility index (Phi) is 4.42. The lowest BCUT2D eigenvalue weighted by molar-refractivity contribution is -0.128. The molecule has 0 aliphatic carbocycles. The molecule has 1 atom stereocenters. The molecule has 0 aromatic carbocycles. The van der Waals surface area contributed by atoms with E-state index < -0.39 is 0 Å². The molecule has 120 valence electrons. The maximum absolute atomic E-state index is 11.7. The summed E-state index contributed by atoms with van der Waals surface area (Å²) >= 11 is 0. The van der Waals surface area contributed by atoms with E-state index in [-0.39, 0.29) is 18.4 Å². The Morgan fingerprint density at radius 3 is 2.91 bits per heavy atom. The van der Waals surface area contributed by atoms with Crippen molar-refractivity contribution in [2.24, 2.45) is 5.73 Å². The van der Waals surface area contributed by atoms with Crippen molar-refractivity contribution in [3.05, 3.63) is 36.0 Å². The topological polar surface area (TPSA) is 110 Å². The molecular formula is C15H19N7O. The SMILES string of the molecule is Cc1cc(Nc2ncccn2)nc([C@H]2CCN(C(=O)CN)C2)n1. The molecule has 0 radical (unpaired) electrons. The van der Waals surface area contributed by atoms with Gasteiger partial charge in [-0.05, 0) is 19.4 Å². The number of likely N-dealkylation sites (tertiary alicyclic amines) is 1. The molecule has 0 spiro atoms. The van der Waals surface area contributed by atoms with Crippen molar-refractivity contribution in [3.63, 3.8) is 0 Å². The summed E-state index contributed by atoms with van der Waals surface area (Å²) in [6, 6.07) is 3.60. The normalized spacial score (nSPS) is 17.3. The second kappa shape index (κ2) is 6.66. The number of amides is 1. The molecule has 1 saturated heterocycles. The first-order chi connectivity index (χ1) is 11.2. The van der Waals surface area contributed by atoms with Crippen LogP contribution in [0.3, 0.4) is 0 Å². The summed E-state index contributed by atoms with van der Waals surface area (Å²) in [6.07, 6.45) is 4.17. The fourth-order valence-electron chi connectivity index (χ4n) is 2.64. The lowest BCUT2D eigenvalue weighted by Crippen LogP contribution is -2.34. The van der Waals surface area contributed by atoms with Gasteiger partial charge < -0.3 is 16.0 Å². The molecule has 1 fully saturated rings. The lowest BCUT2D eigenvalue weighted by atomic mass is 10.1. The van der Waals surface area contributed by atoms with Crippen LogP contribution in [0.5, 0.6) is 0 Å². The number of hydrogen-bond acceptors (Lipinski definition) is 7. The molecule has 3 N–H and O–H groups in total. The summed E-state index contributed by atoms with van der Waals surface area (Å²) in [5.74, 6) is 1.97. The third-order valence-electron chi connectivity index (χ3n) is 3.76.